The number of hydrogen-bond donors (Lipinski definition) is 15. The van der Waals surface area contributed by atoms with Crippen LogP contribution in [0.1, 0.15) is 166 Å². The number of unbranched alkanes of at least 4 members (excludes halogenated alkanes) is 4. The van der Waals surface area contributed by atoms with Crippen LogP contribution in [0.25, 0.3) is 0 Å². The van der Waals surface area contributed by atoms with Crippen LogP contribution in [0.4, 0.5) is 33.6 Å². The van der Waals surface area contributed by atoms with Gasteiger partial charge < -0.3 is 124 Å². The van der Waals surface area contributed by atoms with Crippen LogP contribution in [-0.4, -0.2) is 297 Å². The molecule has 6 aliphatic rings. The van der Waals surface area contributed by atoms with Crippen LogP contribution < -0.4 is 179 Å². The normalized spacial score (nSPS) is 16.8. The molecule has 7 amide bonds. The number of carbonyl (C=O) groups is 12. The van der Waals surface area contributed by atoms with Crippen LogP contribution in [0.15, 0.2) is 0 Å². The quantitative estimate of drug-likeness (QED) is 0.0112. The minimum atomic E-state index is -0.845. The van der Waals surface area contributed by atoms with Gasteiger partial charge in [0.05, 0.1) is 49.8 Å². The van der Waals surface area contributed by atoms with Gasteiger partial charge in [0.25, 0.3) is 6.47 Å². The molecule has 4 unspecified atom stereocenters. The third kappa shape index (κ3) is 98.3. The van der Waals surface area contributed by atoms with Crippen molar-refractivity contribution in [1.29, 1.82) is 0 Å². The maximum Gasteiger partial charge on any atom is 1.00 e. The standard InChI is InChI=1S/2C7H14N2O4.3C7H14N2O2.C5H12N2.2C5H8O2.2C2H6N2O2.CH2O3.CH4O.4Na.6H2O.6H2.2H/c2*1-13-7(12)8-9-5(10)3-2-4-6(9)11;3*1-11-7(10)8-9-5-3-2-4-6-9;6-7-4-2-1-3-5-7;2*6-4-2-1-3-5-7;2*1-6-2(5)4-3;2-1-4-3;1-2;;;;;;;;;;;;;;;;;;/h2*5-6,10-11H,2-4H2,1H3,(H,8,12);3*2-6H2,1H3,(H,8,10);1-6H2;2*4-5H,1-3H2;2*3H2,1H3,(H,4,5);1,3H;2H,1H3;;;;;6*1H2;6*1H;;/q;;;;;;;;;;;;4*+1;;;;;;;;;;;;;2*-1/p-2. The van der Waals surface area contributed by atoms with Crippen molar-refractivity contribution in [2.75, 3.05) is 109 Å². The van der Waals surface area contributed by atoms with Gasteiger partial charge in [-0.2, -0.15) is 10.0 Å². The molecule has 0 saturated carbocycles. The Balaban J connectivity index is -0.0000000363. The Morgan fingerprint density at radius 1 is 0.389 bits per heavy atom. The molecular weight excluding hydrogens is 1500 g/mol. The van der Waals surface area contributed by atoms with Crippen molar-refractivity contribution in [3.63, 3.8) is 0 Å². The van der Waals surface area contributed by atoms with Crippen LogP contribution in [-0.2, 0) is 62.0 Å². The minimum Gasteiger partial charge on any atom is -1.00 e. The van der Waals surface area contributed by atoms with Crippen LogP contribution in [0.3, 0.4) is 0 Å². The third-order valence-corrected chi connectivity index (χ3v) is 12.6. The molecule has 6 fully saturated rings. The molecule has 52 heteroatoms. The SMILES string of the molecule is CO.COC(=O)NN.COC(=O)NN.COC(=O)NN1C(O)CCCC1O.COC(=O)NN1C(O)CCCC1O.COC(=O)NN1CCCCC1.COC(=O)NN1CCCCC1.COC(=O)NN1CCCCC1.NN1CCCCC1.O.O.O.O.O.O=CCCCC=O.O=CCCCC=O.O=CO[O-].[H-].[H-].[HH].[HH].[HH].[HH].[HH].[HH].[Na+].[Na+].[Na+].[Na+].[OH-]. The number of aliphatic hydroxyl groups excluding tert-OH is 5. The van der Waals surface area contributed by atoms with E-state index in [1.165, 1.54) is 88.3 Å². The molecule has 4 atom stereocenters. The van der Waals surface area contributed by atoms with E-state index in [0.717, 1.165) is 146 Å². The van der Waals surface area contributed by atoms with E-state index in [1.54, 1.807) is 10.9 Å². The second kappa shape index (κ2) is 110. The Kier molecular flexibility index (Phi) is 145. The zero-order chi connectivity index (χ0) is 75.6. The molecule has 0 radical (unpaired) electrons. The van der Waals surface area contributed by atoms with E-state index >= 15 is 0 Å². The first-order valence-electron chi connectivity index (χ1n) is 31.3. The van der Waals surface area contributed by atoms with Crippen LogP contribution in [0, 0.1) is 0 Å². The number of hydrazine groups is 8. The van der Waals surface area contributed by atoms with Crippen molar-refractivity contribution < 1.29 is 289 Å². The van der Waals surface area contributed by atoms with Crippen LogP contribution in [0.5, 0.6) is 0 Å². The zero-order valence-corrected chi connectivity index (χ0v) is 73.0. The second-order valence-electron chi connectivity index (χ2n) is 19.8. The van der Waals surface area contributed by atoms with Gasteiger partial charge in [0.1, 0.15) is 50.1 Å². The number of rotatable bonds is 14. The number of ether oxygens (including phenoxy) is 7. The topological polar surface area (TPSA) is 772 Å². The first kappa shape index (κ1) is 143. The Morgan fingerprint density at radius 3 is 0.713 bits per heavy atom. The maximum atomic E-state index is 10.8. The molecule has 48 nitrogen and oxygen atoms in total. The summed E-state index contributed by atoms with van der Waals surface area (Å²) in [4.78, 5) is 123. The molecule has 0 spiro atoms. The van der Waals surface area contributed by atoms with E-state index in [4.69, 9.17) is 21.0 Å². The predicted molar refractivity (Wildman–Crippen MR) is 381 cm³/mol. The minimum absolute atomic E-state index is 0. The number of aliphatic hydroxyl groups is 5. The molecular formula is C56H140N16Na4O32. The van der Waals surface area contributed by atoms with E-state index in [0.29, 0.717) is 64.2 Å². The average Bonchev–Trinajstić information content (AvgIpc) is 0.871. The van der Waals surface area contributed by atoms with Crippen LogP contribution in [0.2, 0.25) is 0 Å². The summed E-state index contributed by atoms with van der Waals surface area (Å²) in [6.45, 7) is 7.65. The number of carbonyl (C=O) groups excluding carboxylic acids is 12. The van der Waals surface area contributed by atoms with E-state index in [1.807, 2.05) is 20.0 Å². The van der Waals surface area contributed by atoms with Crippen molar-refractivity contribution in [2.24, 2.45) is 17.5 Å². The summed E-state index contributed by atoms with van der Waals surface area (Å²) in [7, 11) is 10.0. The molecule has 0 aliphatic carbocycles. The molecule has 640 valence electrons. The monoisotopic (exact) mass is 1640 g/mol. The number of nitrogens with two attached hydrogens (primary N) is 3. The fourth-order valence-corrected chi connectivity index (χ4v) is 7.67. The number of piperidine rings is 6. The number of aldehydes is 4. The smallest absolute Gasteiger partial charge is 1.00 e. The van der Waals surface area contributed by atoms with Gasteiger partial charge in [-0.15, -0.1) is 0 Å². The fraction of sp³-hybridized carbons (Fsp3) is 0.786. The summed E-state index contributed by atoms with van der Waals surface area (Å²) in [6, 6.07) is 0. The Bertz CT molecular complexity index is 1850. The summed E-state index contributed by atoms with van der Waals surface area (Å²) in [6.07, 6.45) is 17.9. The van der Waals surface area contributed by atoms with E-state index in [2.05, 4.69) is 76.9 Å². The number of nitrogens with one attached hydrogen (secondary N) is 7. The van der Waals surface area contributed by atoms with Crippen molar-refractivity contribution >= 4 is 74.3 Å². The van der Waals surface area contributed by atoms with E-state index < -0.39 is 49.3 Å². The summed E-state index contributed by atoms with van der Waals surface area (Å²) in [5, 5.41) is 62.7. The molecule has 29 N–H and O–H groups in total. The van der Waals surface area contributed by atoms with Gasteiger partial charge in [-0.05, 0) is 103 Å². The van der Waals surface area contributed by atoms with Crippen molar-refractivity contribution in [1.82, 2.24) is 68.0 Å². The molecule has 0 aromatic carbocycles. The average molecular weight is 1640 g/mol. The summed E-state index contributed by atoms with van der Waals surface area (Å²) >= 11 is 0. The Hall–Kier alpha value is -3.80. The maximum absolute atomic E-state index is 10.8. The molecule has 6 rings (SSSR count). The van der Waals surface area contributed by atoms with Crippen LogP contribution >= 0.6 is 0 Å². The summed E-state index contributed by atoms with van der Waals surface area (Å²) in [5.41, 5.74) is 15.9. The third-order valence-electron chi connectivity index (χ3n) is 12.6. The van der Waals surface area contributed by atoms with Gasteiger partial charge in [-0.3, -0.25) is 37.8 Å². The molecule has 0 aromatic rings. The predicted octanol–water partition coefficient (Wildman–Crippen LogP) is -15.7. The zero-order valence-electron chi connectivity index (χ0n) is 67.0. The van der Waals surface area contributed by atoms with E-state index in [-0.39, 0.29) is 187 Å². The van der Waals surface area contributed by atoms with Gasteiger partial charge in [0.2, 0.25) is 0 Å². The van der Waals surface area contributed by atoms with E-state index in [9.17, 15) is 73.2 Å². The number of amides is 7. The first-order valence-corrected chi connectivity index (χ1v) is 31.3. The number of methoxy groups -OCH3 is 7. The molecule has 6 aliphatic heterocycles. The van der Waals surface area contributed by atoms with Crippen molar-refractivity contribution in [3.05, 3.63) is 0 Å². The van der Waals surface area contributed by atoms with Gasteiger partial charge in [-0.25, -0.2) is 76.1 Å². The largest absolute Gasteiger partial charge is 1.00 e. The first-order chi connectivity index (χ1) is 47.0. The second-order valence-corrected chi connectivity index (χ2v) is 19.8. The Morgan fingerprint density at radius 2 is 0.574 bits per heavy atom. The molecule has 0 bridgehead atoms. The van der Waals surface area contributed by atoms with Gasteiger partial charge in [0, 0.05) is 93.7 Å². The van der Waals surface area contributed by atoms with Gasteiger partial charge in [-0.1, -0.05) is 25.7 Å². The van der Waals surface area contributed by atoms with Crippen molar-refractivity contribution in [3.8, 4) is 0 Å². The molecule has 108 heavy (non-hydrogen) atoms. The number of nitrogens with zero attached hydrogens (tertiary/aromatic N) is 6. The van der Waals surface area contributed by atoms with Gasteiger partial charge >= 0.3 is 161 Å². The molecule has 6 heterocycles. The fourth-order valence-electron chi connectivity index (χ4n) is 7.67. The Labute approximate surface area is 731 Å². The summed E-state index contributed by atoms with van der Waals surface area (Å²) < 4.78 is 30.1. The molecule has 0 aromatic heterocycles. The molecule has 6 saturated heterocycles. The van der Waals surface area contributed by atoms with Gasteiger partial charge in [0.15, 0.2) is 0 Å². The van der Waals surface area contributed by atoms with Crippen molar-refractivity contribution in [2.45, 2.75) is 179 Å². The summed E-state index contributed by atoms with van der Waals surface area (Å²) in [5.74, 6) is 14.6. The number of hydrogen-bond acceptors (Lipinski definition) is 36.